The fourth-order valence-electron chi connectivity index (χ4n) is 1.10. The van der Waals surface area contributed by atoms with Crippen molar-refractivity contribution in [2.45, 2.75) is 6.55 Å². The summed E-state index contributed by atoms with van der Waals surface area (Å²) in [6.45, 7) is -2.76. The van der Waals surface area contributed by atoms with E-state index in [4.69, 9.17) is 5.73 Å². The van der Waals surface area contributed by atoms with Gasteiger partial charge < -0.3 is 5.73 Å². The van der Waals surface area contributed by atoms with Gasteiger partial charge in [-0.2, -0.15) is 8.78 Å². The number of alkyl halides is 2. The number of rotatable bonds is 4. The second kappa shape index (κ2) is 5.75. The van der Waals surface area contributed by atoms with Crippen LogP contribution in [-0.2, 0) is 0 Å². The van der Waals surface area contributed by atoms with Crippen molar-refractivity contribution in [1.82, 2.24) is 0 Å². The lowest BCUT2D eigenvalue weighted by Gasteiger charge is -2.01. The van der Waals surface area contributed by atoms with Gasteiger partial charge in [0.2, 0.25) is 0 Å². The van der Waals surface area contributed by atoms with Crippen LogP contribution in [0.25, 0.3) is 5.57 Å². The molecule has 5 heteroatoms. The summed E-state index contributed by atoms with van der Waals surface area (Å²) in [7, 11) is 0. The molecule has 1 aromatic carbocycles. The van der Waals surface area contributed by atoms with Gasteiger partial charge in [0, 0.05) is 23.6 Å². The van der Waals surface area contributed by atoms with Crippen LogP contribution in [0.4, 0.5) is 8.78 Å². The van der Waals surface area contributed by atoms with E-state index in [-0.39, 0.29) is 0 Å². The third-order valence-electron chi connectivity index (χ3n) is 1.89. The van der Waals surface area contributed by atoms with Crippen LogP contribution >= 0.6 is 0 Å². The van der Waals surface area contributed by atoms with Crippen molar-refractivity contribution in [2.24, 2.45) is 10.7 Å². The molecule has 3 nitrogen and oxygen atoms in total. The van der Waals surface area contributed by atoms with E-state index in [1.807, 2.05) is 0 Å². The molecule has 0 bridgehead atoms. The molecular formula is C11H10F2N2O. The molecule has 16 heavy (non-hydrogen) atoms. The molecule has 84 valence electrons. The highest BCUT2D eigenvalue weighted by atomic mass is 19.3. The van der Waals surface area contributed by atoms with E-state index in [2.05, 4.69) is 4.99 Å². The standard InChI is InChI=1S/C11H10F2N2O/c12-11(13)15-6-10(5-14)9-3-1-8(7-16)2-4-9/h1-7,11H,14H2. The number of nitrogens with two attached hydrogens (primary N) is 1. The summed E-state index contributed by atoms with van der Waals surface area (Å²) in [6, 6.07) is 6.37. The molecule has 0 aromatic heterocycles. The van der Waals surface area contributed by atoms with Crippen molar-refractivity contribution in [3.05, 3.63) is 41.6 Å². The number of aliphatic imine (C=N–C) groups is 1. The Balaban J connectivity index is 2.92. The quantitative estimate of drug-likeness (QED) is 0.483. The average Bonchev–Trinajstić information content (AvgIpc) is 2.30. The lowest BCUT2D eigenvalue weighted by Crippen LogP contribution is -1.94. The zero-order chi connectivity index (χ0) is 12.0. The second-order valence-electron chi connectivity index (χ2n) is 2.92. The van der Waals surface area contributed by atoms with E-state index >= 15 is 0 Å². The van der Waals surface area contributed by atoms with Crippen molar-refractivity contribution in [3.63, 3.8) is 0 Å². The van der Waals surface area contributed by atoms with Crippen LogP contribution < -0.4 is 5.73 Å². The lowest BCUT2D eigenvalue weighted by atomic mass is 10.1. The van der Waals surface area contributed by atoms with Crippen molar-refractivity contribution in [1.29, 1.82) is 0 Å². The number of halogens is 2. The maximum Gasteiger partial charge on any atom is 0.331 e. The molecule has 0 atom stereocenters. The van der Waals surface area contributed by atoms with E-state index in [0.29, 0.717) is 23.0 Å². The minimum Gasteiger partial charge on any atom is -0.404 e. The molecule has 0 aliphatic rings. The molecule has 0 amide bonds. The highest BCUT2D eigenvalue weighted by molar-refractivity contribution is 6.09. The van der Waals surface area contributed by atoms with Gasteiger partial charge in [-0.25, -0.2) is 4.99 Å². The van der Waals surface area contributed by atoms with Gasteiger partial charge in [0.05, 0.1) is 0 Å². The molecule has 0 saturated heterocycles. The average molecular weight is 224 g/mol. The molecule has 1 rings (SSSR count). The first-order valence-corrected chi connectivity index (χ1v) is 4.46. The molecule has 0 unspecified atom stereocenters. The first kappa shape index (κ1) is 12.0. The Labute approximate surface area is 91.3 Å². The minimum absolute atomic E-state index is 0.373. The first-order valence-electron chi connectivity index (χ1n) is 4.46. The molecule has 0 heterocycles. The fourth-order valence-corrected chi connectivity index (χ4v) is 1.10. The number of carbonyl (C=O) groups is 1. The number of hydrogen-bond donors (Lipinski definition) is 1. The Morgan fingerprint density at radius 3 is 2.38 bits per heavy atom. The van der Waals surface area contributed by atoms with Crippen LogP contribution in [0.3, 0.4) is 0 Å². The summed E-state index contributed by atoms with van der Waals surface area (Å²) in [5.41, 5.74) is 6.79. The number of aldehydes is 1. The fraction of sp³-hybridized carbons (Fsp3) is 0.0909. The van der Waals surface area contributed by atoms with Crippen molar-refractivity contribution in [2.75, 3.05) is 0 Å². The molecule has 0 spiro atoms. The molecule has 2 N–H and O–H groups in total. The van der Waals surface area contributed by atoms with E-state index < -0.39 is 6.55 Å². The van der Waals surface area contributed by atoms with Gasteiger partial charge in [0.15, 0.2) is 0 Å². The Morgan fingerprint density at radius 1 is 1.31 bits per heavy atom. The number of hydrogen-bond acceptors (Lipinski definition) is 3. The Kier molecular flexibility index (Phi) is 4.32. The lowest BCUT2D eigenvalue weighted by molar-refractivity contribution is 0.112. The second-order valence-corrected chi connectivity index (χ2v) is 2.92. The van der Waals surface area contributed by atoms with E-state index in [1.165, 1.54) is 6.20 Å². The molecule has 0 radical (unpaired) electrons. The maximum absolute atomic E-state index is 11.9. The summed E-state index contributed by atoms with van der Waals surface area (Å²) >= 11 is 0. The van der Waals surface area contributed by atoms with Crippen molar-refractivity contribution in [3.8, 4) is 0 Å². The van der Waals surface area contributed by atoms with E-state index in [1.54, 1.807) is 24.3 Å². The first-order chi connectivity index (χ1) is 7.67. The number of carbonyl (C=O) groups excluding carboxylic acids is 1. The van der Waals surface area contributed by atoms with Gasteiger partial charge in [0.1, 0.15) is 6.29 Å². The zero-order valence-corrected chi connectivity index (χ0v) is 8.31. The van der Waals surface area contributed by atoms with Crippen LogP contribution in [0.1, 0.15) is 15.9 Å². The summed E-state index contributed by atoms with van der Waals surface area (Å²) in [4.78, 5) is 13.3. The smallest absolute Gasteiger partial charge is 0.331 e. The van der Waals surface area contributed by atoms with Gasteiger partial charge in [-0.15, -0.1) is 0 Å². The predicted molar refractivity (Wildman–Crippen MR) is 58.5 cm³/mol. The SMILES string of the molecule is NC=C(C=NC(F)F)c1ccc(C=O)cc1. The minimum atomic E-state index is -2.76. The van der Waals surface area contributed by atoms with E-state index in [0.717, 1.165) is 6.21 Å². The van der Waals surface area contributed by atoms with Crippen LogP contribution in [0, 0.1) is 0 Å². The largest absolute Gasteiger partial charge is 0.404 e. The van der Waals surface area contributed by atoms with Crippen LogP contribution in [0.5, 0.6) is 0 Å². The molecule has 0 saturated carbocycles. The predicted octanol–water partition coefficient (Wildman–Crippen LogP) is 2.09. The normalized spacial score (nSPS) is 12.3. The Bertz CT molecular complexity index is 410. The van der Waals surface area contributed by atoms with Gasteiger partial charge >= 0.3 is 6.55 Å². The Morgan fingerprint density at radius 2 is 1.94 bits per heavy atom. The summed E-state index contributed by atoms with van der Waals surface area (Å²) in [5.74, 6) is 0. The summed E-state index contributed by atoms with van der Waals surface area (Å²) < 4.78 is 23.7. The molecular weight excluding hydrogens is 214 g/mol. The molecule has 0 aliphatic heterocycles. The van der Waals surface area contributed by atoms with Gasteiger partial charge in [-0.1, -0.05) is 24.3 Å². The number of allylic oxidation sites excluding steroid dienone is 1. The molecule has 0 fully saturated rings. The topological polar surface area (TPSA) is 55.4 Å². The van der Waals surface area contributed by atoms with Gasteiger partial charge in [0.25, 0.3) is 0 Å². The van der Waals surface area contributed by atoms with Gasteiger partial charge in [-0.3, -0.25) is 4.79 Å². The van der Waals surface area contributed by atoms with Gasteiger partial charge in [-0.05, 0) is 5.56 Å². The highest BCUT2D eigenvalue weighted by Crippen LogP contribution is 2.12. The third-order valence-corrected chi connectivity index (χ3v) is 1.89. The molecule has 1 aromatic rings. The zero-order valence-electron chi connectivity index (χ0n) is 8.31. The number of nitrogens with zero attached hydrogens (tertiary/aromatic N) is 1. The monoisotopic (exact) mass is 224 g/mol. The van der Waals surface area contributed by atoms with Crippen LogP contribution in [0.2, 0.25) is 0 Å². The highest BCUT2D eigenvalue weighted by Gasteiger charge is 2.00. The van der Waals surface area contributed by atoms with Crippen molar-refractivity contribution < 1.29 is 13.6 Å². The van der Waals surface area contributed by atoms with Crippen LogP contribution in [-0.4, -0.2) is 19.1 Å². The summed E-state index contributed by atoms with van der Waals surface area (Å²) in [5, 5.41) is 0. The summed E-state index contributed by atoms with van der Waals surface area (Å²) in [6.07, 6.45) is 2.88. The Hall–Kier alpha value is -2.04. The van der Waals surface area contributed by atoms with E-state index in [9.17, 15) is 13.6 Å². The number of benzene rings is 1. The van der Waals surface area contributed by atoms with Crippen LogP contribution in [0.15, 0.2) is 35.5 Å². The third kappa shape index (κ3) is 3.27. The van der Waals surface area contributed by atoms with Crippen molar-refractivity contribution >= 4 is 18.1 Å². The maximum atomic E-state index is 11.9. The molecule has 0 aliphatic carbocycles.